The Labute approximate surface area is 789 Å². The van der Waals surface area contributed by atoms with Gasteiger partial charge in [0.1, 0.15) is 28.7 Å². The summed E-state index contributed by atoms with van der Waals surface area (Å²) in [5.74, 6) is 0.0522. The molecule has 0 aliphatic heterocycles. The number of ether oxygens (including phenoxy) is 5. The van der Waals surface area contributed by atoms with E-state index in [1.54, 1.807) is 91.0 Å². The third kappa shape index (κ3) is 45.3. The van der Waals surface area contributed by atoms with Gasteiger partial charge in [-0.15, -0.1) is 0 Å². The minimum absolute atomic E-state index is 0. The molecule has 0 aliphatic carbocycles. The van der Waals surface area contributed by atoms with Gasteiger partial charge in [0, 0.05) is 30.3 Å². The fourth-order valence-electron chi connectivity index (χ4n) is 12.3. The summed E-state index contributed by atoms with van der Waals surface area (Å²) in [6, 6.07) is 62.4. The monoisotopic (exact) mass is 1910 g/mol. The van der Waals surface area contributed by atoms with E-state index in [1.165, 1.54) is 188 Å². The molecule has 0 amide bonds. The summed E-state index contributed by atoms with van der Waals surface area (Å²) in [5.41, 5.74) is 8.91. The summed E-state index contributed by atoms with van der Waals surface area (Å²) in [4.78, 5) is 63.5. The number of halogens is 10. The van der Waals surface area contributed by atoms with E-state index in [-0.39, 0.29) is 23.5 Å². The van der Waals surface area contributed by atoms with Crippen LogP contribution in [-0.4, -0.2) is 29.8 Å². The van der Waals surface area contributed by atoms with Crippen molar-refractivity contribution in [1.29, 1.82) is 0 Å². The SMILES string of the molecule is CCCCCCCc1ccc(C(=O)Oc2ccc([S])c(Cl)c2)cc1.CCCCCCCc1ccc(C(=O)Oc2ccc([S])c(Cl)c2)cc1.CCCCCCCc1ccc(C(=O)Oc2ccc([S])c(Cl)c2)cc1.CCCCCCCc1ccc(C(=O)Oc2ccc([S])c(Cl)c2)cc1.CCCCCCCc1ccc(C(=O)Oc2ccc([S])c(Cl)c2)cc1.F.F.F.F.F. The van der Waals surface area contributed by atoms with Crippen LogP contribution in [0.5, 0.6) is 28.7 Å². The van der Waals surface area contributed by atoms with E-state index in [0.717, 1.165) is 32.1 Å². The normalized spacial score (nSPS) is 10.2. The number of carbonyl (C=O) groups is 5. The van der Waals surface area contributed by atoms with Gasteiger partial charge in [-0.25, -0.2) is 24.0 Å². The molecule has 0 aromatic heterocycles. The van der Waals surface area contributed by atoms with Crippen LogP contribution >= 0.6 is 121 Å². The maximum absolute atomic E-state index is 12.2. The highest BCUT2D eigenvalue weighted by Crippen LogP contribution is 2.32. The maximum atomic E-state index is 12.2. The second kappa shape index (κ2) is 66.2. The number of aryl methyl sites for hydroxylation is 5. The first kappa shape index (κ1) is 115. The fourth-order valence-corrected chi connectivity index (χ4v) is 13.7. The van der Waals surface area contributed by atoms with Crippen molar-refractivity contribution < 1.29 is 71.2 Å². The zero-order valence-corrected chi connectivity index (χ0v) is 79.3. The standard InChI is InChI=1S/5C20H22ClO2S.5FH/c5*1-2-3-4-5-6-7-15-8-10-16(11-9-15)20(22)23-17-12-13-19(24)18(21)14-17;;;;;/h5*8-14H,2-7H2,1H3;5*1H. The van der Waals surface area contributed by atoms with Crippen molar-refractivity contribution in [3.05, 3.63) is 293 Å². The summed E-state index contributed by atoms with van der Waals surface area (Å²) in [7, 11) is 0. The lowest BCUT2D eigenvalue weighted by Gasteiger charge is -2.07. The molecule has 0 spiro atoms. The lowest BCUT2D eigenvalue weighted by Crippen LogP contribution is -2.08. The van der Waals surface area contributed by atoms with Crippen LogP contribution in [0.1, 0.15) is 275 Å². The average molecular weight is 1910 g/mol. The van der Waals surface area contributed by atoms with Gasteiger partial charge < -0.3 is 23.7 Å². The Morgan fingerprint density at radius 2 is 0.344 bits per heavy atom. The zero-order valence-electron chi connectivity index (χ0n) is 71.5. The van der Waals surface area contributed by atoms with Gasteiger partial charge in [-0.2, -0.15) is 0 Å². The minimum atomic E-state index is -0.391. The average Bonchev–Trinajstić information content (AvgIpc) is 0.872. The van der Waals surface area contributed by atoms with Crippen molar-refractivity contribution in [3.63, 3.8) is 0 Å². The quantitative estimate of drug-likeness (QED) is 0.0158. The van der Waals surface area contributed by atoms with Crippen molar-refractivity contribution in [1.82, 2.24) is 0 Å². The van der Waals surface area contributed by atoms with E-state index in [1.807, 2.05) is 121 Å². The predicted octanol–water partition coefficient (Wildman–Crippen LogP) is 33.9. The van der Waals surface area contributed by atoms with Gasteiger partial charge in [-0.05, 0) is 213 Å². The van der Waals surface area contributed by atoms with Crippen LogP contribution in [-0.2, 0) is 32.1 Å². The highest BCUT2D eigenvalue weighted by Gasteiger charge is 2.17. The summed E-state index contributed by atoms with van der Waals surface area (Å²) in [5, 5.41) is 2.05. The second-order valence-corrected chi connectivity index (χ2v) is 33.4. The van der Waals surface area contributed by atoms with Gasteiger partial charge >= 0.3 is 29.8 Å². The van der Waals surface area contributed by atoms with E-state index >= 15 is 0 Å². The topological polar surface area (TPSA) is 132 Å². The first-order chi connectivity index (χ1) is 58.0. The molecular formula is C100H115Cl5F5O10S5. The molecule has 675 valence electrons. The number of rotatable bonds is 40. The highest BCUT2D eigenvalue weighted by atomic mass is 35.5. The van der Waals surface area contributed by atoms with Crippen LogP contribution in [0.2, 0.25) is 25.1 Å². The third-order valence-electron chi connectivity index (χ3n) is 19.4. The molecule has 0 heterocycles. The molecule has 0 bridgehead atoms. The molecule has 125 heavy (non-hydrogen) atoms. The van der Waals surface area contributed by atoms with Crippen LogP contribution in [0.25, 0.3) is 0 Å². The van der Waals surface area contributed by atoms with Crippen LogP contribution in [0.4, 0.5) is 23.5 Å². The molecule has 25 heteroatoms. The van der Waals surface area contributed by atoms with Crippen molar-refractivity contribution >= 4 is 151 Å². The molecule has 10 aromatic carbocycles. The molecule has 0 atom stereocenters. The van der Waals surface area contributed by atoms with E-state index < -0.39 is 29.8 Å². The number of esters is 5. The maximum Gasteiger partial charge on any atom is 0.343 e. The minimum Gasteiger partial charge on any atom is -0.423 e. The molecular weight excluding hydrogens is 1790 g/mol. The van der Waals surface area contributed by atoms with Crippen molar-refractivity contribution in [3.8, 4) is 28.7 Å². The lowest BCUT2D eigenvalue weighted by atomic mass is 10.0. The Morgan fingerprint density at radius 3 is 0.472 bits per heavy atom. The van der Waals surface area contributed by atoms with Crippen LogP contribution < -0.4 is 23.7 Å². The first-order valence-corrected chi connectivity index (χ1v) is 45.8. The van der Waals surface area contributed by atoms with Gasteiger partial charge in [0.25, 0.3) is 0 Å². The molecule has 10 rings (SSSR count). The van der Waals surface area contributed by atoms with Crippen molar-refractivity contribution in [2.45, 2.75) is 252 Å². The van der Waals surface area contributed by atoms with Gasteiger partial charge in [0.2, 0.25) is 0 Å². The van der Waals surface area contributed by atoms with Gasteiger partial charge in [0.05, 0.1) is 77.4 Å². The smallest absolute Gasteiger partial charge is 0.343 e. The number of benzene rings is 10. The van der Waals surface area contributed by atoms with Crippen LogP contribution in [0.3, 0.4) is 0 Å². The summed E-state index contributed by atoms with van der Waals surface area (Å²) in [6.45, 7) is 11.1. The molecule has 0 unspecified atom stereocenters. The summed E-state index contributed by atoms with van der Waals surface area (Å²) >= 11 is 54.8. The van der Waals surface area contributed by atoms with Crippen LogP contribution in [0, 0.1) is 0 Å². The van der Waals surface area contributed by atoms with E-state index in [4.69, 9.17) is 145 Å². The molecule has 10 aromatic rings. The number of carbonyl (C=O) groups excluding carboxylic acids is 5. The third-order valence-corrected chi connectivity index (χ3v) is 23.3. The van der Waals surface area contributed by atoms with Gasteiger partial charge in [-0.3, -0.25) is 23.5 Å². The van der Waals surface area contributed by atoms with E-state index in [9.17, 15) is 24.0 Å². The Bertz CT molecular complexity index is 4060. The number of hydrogen-bond acceptors (Lipinski definition) is 10. The van der Waals surface area contributed by atoms with Crippen molar-refractivity contribution in [2.24, 2.45) is 0 Å². The Kier molecular flexibility index (Phi) is 60.8. The van der Waals surface area contributed by atoms with Gasteiger partial charge in [-0.1, -0.05) is 345 Å². The van der Waals surface area contributed by atoms with E-state index in [2.05, 4.69) is 34.6 Å². The predicted molar refractivity (Wildman–Crippen MR) is 518 cm³/mol. The molecule has 0 N–H and O–H groups in total. The zero-order chi connectivity index (χ0) is 86.8. The second-order valence-electron chi connectivity index (χ2n) is 29.2. The fraction of sp³-hybridized carbons (Fsp3) is 0.350. The molecule has 0 fully saturated rings. The molecule has 0 saturated carbocycles. The molecule has 10 nitrogen and oxygen atoms in total. The summed E-state index contributed by atoms with van der Waals surface area (Å²) in [6.07, 6.45) is 36.8. The largest absolute Gasteiger partial charge is 0.423 e. The number of hydrogen-bond donors (Lipinski definition) is 0. The lowest BCUT2D eigenvalue weighted by molar-refractivity contribution is 0.0725. The molecule has 0 aliphatic rings. The Morgan fingerprint density at radius 1 is 0.208 bits per heavy atom. The first-order valence-electron chi connectivity index (χ1n) is 41.9. The highest BCUT2D eigenvalue weighted by molar-refractivity contribution is 7.81. The van der Waals surface area contributed by atoms with Crippen molar-refractivity contribution in [2.75, 3.05) is 0 Å². The Hall–Kier alpha value is -8.25. The van der Waals surface area contributed by atoms with Gasteiger partial charge in [0.15, 0.2) is 0 Å². The molecule has 5 radical (unpaired) electrons. The summed E-state index contributed by atoms with van der Waals surface area (Å²) < 4.78 is 26.7. The molecule has 0 saturated heterocycles. The van der Waals surface area contributed by atoms with E-state index in [0.29, 0.717) is 106 Å². The number of unbranched alkanes of at least 4 members (excludes halogenated alkanes) is 20. The Balaban J connectivity index is 0.000000774. The van der Waals surface area contributed by atoms with Crippen LogP contribution in [0.15, 0.2) is 237 Å².